The molecular formula is C9H8ClIO2. The number of rotatable bonds is 3. The smallest absolute Gasteiger partial charge is 0.167 e. The zero-order valence-corrected chi connectivity index (χ0v) is 9.93. The summed E-state index contributed by atoms with van der Waals surface area (Å²) in [4.78, 5) is 10.6. The molecule has 0 aromatic heterocycles. The monoisotopic (exact) mass is 310 g/mol. The molecule has 0 N–H and O–H groups in total. The fraction of sp³-hybridized carbons (Fsp3) is 0.222. The highest BCUT2D eigenvalue weighted by Crippen LogP contribution is 2.23. The molecule has 0 unspecified atom stereocenters. The van der Waals surface area contributed by atoms with Crippen LogP contribution in [-0.4, -0.2) is 12.4 Å². The third kappa shape index (κ3) is 3.52. The van der Waals surface area contributed by atoms with Crippen molar-refractivity contribution in [1.29, 1.82) is 0 Å². The lowest BCUT2D eigenvalue weighted by atomic mass is 10.3. The lowest BCUT2D eigenvalue weighted by Crippen LogP contribution is -2.06. The van der Waals surface area contributed by atoms with E-state index >= 15 is 0 Å². The first kappa shape index (κ1) is 10.8. The van der Waals surface area contributed by atoms with Crippen molar-refractivity contribution in [3.63, 3.8) is 0 Å². The molecule has 0 amide bonds. The van der Waals surface area contributed by atoms with Gasteiger partial charge in [-0.2, -0.15) is 0 Å². The van der Waals surface area contributed by atoms with Crippen LogP contribution in [0.5, 0.6) is 5.75 Å². The molecule has 4 heteroatoms. The van der Waals surface area contributed by atoms with Crippen molar-refractivity contribution in [3.8, 4) is 5.75 Å². The number of carbonyl (C=O) groups excluding carboxylic acids is 1. The van der Waals surface area contributed by atoms with Gasteiger partial charge in [0, 0.05) is 3.57 Å². The quantitative estimate of drug-likeness (QED) is 0.803. The van der Waals surface area contributed by atoms with Crippen LogP contribution in [0.2, 0.25) is 5.02 Å². The van der Waals surface area contributed by atoms with E-state index in [-0.39, 0.29) is 12.4 Å². The number of hydrogen-bond acceptors (Lipinski definition) is 2. The lowest BCUT2D eigenvalue weighted by molar-refractivity contribution is -0.118. The van der Waals surface area contributed by atoms with Crippen LogP contribution in [0.25, 0.3) is 0 Å². The van der Waals surface area contributed by atoms with E-state index in [2.05, 4.69) is 22.6 Å². The largest absolute Gasteiger partial charge is 0.486 e. The Bertz CT molecular complexity index is 325. The number of ketones is 1. The van der Waals surface area contributed by atoms with Gasteiger partial charge in [0.15, 0.2) is 5.78 Å². The van der Waals surface area contributed by atoms with Crippen molar-refractivity contribution in [3.05, 3.63) is 26.8 Å². The van der Waals surface area contributed by atoms with Crippen molar-refractivity contribution in [2.45, 2.75) is 6.92 Å². The van der Waals surface area contributed by atoms with Crippen molar-refractivity contribution >= 4 is 40.0 Å². The second-order valence-electron chi connectivity index (χ2n) is 2.57. The van der Waals surface area contributed by atoms with Gasteiger partial charge in [0.2, 0.25) is 0 Å². The standard InChI is InChI=1S/C9H8ClIO2/c1-6(12)5-13-7-2-3-8(10)9(11)4-7/h2-4H,5H2,1H3. The van der Waals surface area contributed by atoms with Gasteiger partial charge in [0.1, 0.15) is 12.4 Å². The maximum Gasteiger partial charge on any atom is 0.167 e. The predicted octanol–water partition coefficient (Wildman–Crippen LogP) is 2.91. The number of carbonyl (C=O) groups is 1. The summed E-state index contributed by atoms with van der Waals surface area (Å²) in [5.41, 5.74) is 0. The number of benzene rings is 1. The SMILES string of the molecule is CC(=O)COc1ccc(Cl)c(I)c1. The van der Waals surface area contributed by atoms with Gasteiger partial charge in [-0.15, -0.1) is 0 Å². The molecule has 1 rings (SSSR count). The van der Waals surface area contributed by atoms with Gasteiger partial charge in [-0.1, -0.05) is 11.6 Å². The van der Waals surface area contributed by atoms with Gasteiger partial charge in [-0.3, -0.25) is 4.79 Å². The summed E-state index contributed by atoms with van der Waals surface area (Å²) in [6.07, 6.45) is 0. The van der Waals surface area contributed by atoms with E-state index in [0.717, 1.165) is 3.57 Å². The molecule has 0 aliphatic carbocycles. The minimum atomic E-state index is 0.00459. The first-order valence-corrected chi connectivity index (χ1v) is 5.12. The average molecular weight is 311 g/mol. The van der Waals surface area contributed by atoms with E-state index in [0.29, 0.717) is 10.8 Å². The molecule has 0 heterocycles. The number of ether oxygens (including phenoxy) is 1. The summed E-state index contributed by atoms with van der Waals surface area (Å²) >= 11 is 7.92. The zero-order chi connectivity index (χ0) is 9.84. The van der Waals surface area contributed by atoms with E-state index in [1.165, 1.54) is 6.92 Å². The molecule has 1 aromatic carbocycles. The van der Waals surface area contributed by atoms with Crippen LogP contribution in [0.4, 0.5) is 0 Å². The van der Waals surface area contributed by atoms with Gasteiger partial charge in [0.25, 0.3) is 0 Å². The summed E-state index contributed by atoms with van der Waals surface area (Å²) in [7, 11) is 0. The van der Waals surface area contributed by atoms with Crippen LogP contribution in [0, 0.1) is 3.57 Å². The molecule has 2 nitrogen and oxygen atoms in total. The topological polar surface area (TPSA) is 26.3 Å². The molecule has 0 radical (unpaired) electrons. The van der Waals surface area contributed by atoms with E-state index in [1.807, 2.05) is 0 Å². The molecule has 1 aromatic rings. The Morgan fingerprint density at radius 1 is 1.62 bits per heavy atom. The Balaban J connectivity index is 2.68. The van der Waals surface area contributed by atoms with Crippen molar-refractivity contribution < 1.29 is 9.53 Å². The molecule has 0 bridgehead atoms. The van der Waals surface area contributed by atoms with Gasteiger partial charge in [-0.05, 0) is 47.7 Å². The fourth-order valence-corrected chi connectivity index (χ4v) is 1.36. The number of Topliss-reactive ketones (excluding diaryl/α,β-unsaturated/α-hetero) is 1. The molecule has 0 aliphatic rings. The third-order valence-corrected chi connectivity index (χ3v) is 2.87. The van der Waals surface area contributed by atoms with Crippen LogP contribution in [-0.2, 0) is 4.79 Å². The number of hydrogen-bond donors (Lipinski definition) is 0. The minimum absolute atomic E-state index is 0.00459. The Morgan fingerprint density at radius 2 is 2.31 bits per heavy atom. The maximum atomic E-state index is 10.6. The molecule has 0 aliphatic heterocycles. The molecule has 0 spiro atoms. The Hall–Kier alpha value is -0.290. The van der Waals surface area contributed by atoms with Crippen LogP contribution in [0.15, 0.2) is 18.2 Å². The normalized spacial score (nSPS) is 9.77. The van der Waals surface area contributed by atoms with Crippen LogP contribution in [0.3, 0.4) is 0 Å². The van der Waals surface area contributed by atoms with Crippen molar-refractivity contribution in [2.24, 2.45) is 0 Å². The Kier molecular flexibility index (Phi) is 3.99. The first-order chi connectivity index (χ1) is 6.09. The summed E-state index contributed by atoms with van der Waals surface area (Å²) in [6, 6.07) is 5.29. The molecule has 0 saturated heterocycles. The Labute approximate surface area is 95.4 Å². The third-order valence-electron chi connectivity index (χ3n) is 1.33. The van der Waals surface area contributed by atoms with E-state index in [1.54, 1.807) is 18.2 Å². The molecule has 13 heavy (non-hydrogen) atoms. The van der Waals surface area contributed by atoms with E-state index < -0.39 is 0 Å². The molecule has 70 valence electrons. The second-order valence-corrected chi connectivity index (χ2v) is 4.14. The van der Waals surface area contributed by atoms with Crippen molar-refractivity contribution in [1.82, 2.24) is 0 Å². The predicted molar refractivity (Wildman–Crippen MR) is 60.3 cm³/mol. The maximum absolute atomic E-state index is 10.6. The van der Waals surface area contributed by atoms with Crippen LogP contribution >= 0.6 is 34.2 Å². The molecule has 0 atom stereocenters. The van der Waals surface area contributed by atoms with Gasteiger partial charge in [0.05, 0.1) is 5.02 Å². The lowest BCUT2D eigenvalue weighted by Gasteiger charge is -2.04. The first-order valence-electron chi connectivity index (χ1n) is 3.67. The highest BCUT2D eigenvalue weighted by Gasteiger charge is 2.00. The van der Waals surface area contributed by atoms with Gasteiger partial charge < -0.3 is 4.74 Å². The van der Waals surface area contributed by atoms with E-state index in [9.17, 15) is 4.79 Å². The van der Waals surface area contributed by atoms with Crippen LogP contribution < -0.4 is 4.74 Å². The minimum Gasteiger partial charge on any atom is -0.486 e. The fourth-order valence-electron chi connectivity index (χ4n) is 0.752. The highest BCUT2D eigenvalue weighted by molar-refractivity contribution is 14.1. The number of halogens is 2. The Morgan fingerprint density at radius 3 is 2.85 bits per heavy atom. The molecule has 0 fully saturated rings. The average Bonchev–Trinajstić information content (AvgIpc) is 2.07. The summed E-state index contributed by atoms with van der Waals surface area (Å²) < 4.78 is 6.11. The second kappa shape index (κ2) is 4.81. The highest BCUT2D eigenvalue weighted by atomic mass is 127. The summed E-state index contributed by atoms with van der Waals surface area (Å²) in [6.45, 7) is 1.60. The van der Waals surface area contributed by atoms with E-state index in [4.69, 9.17) is 16.3 Å². The molecular weight excluding hydrogens is 302 g/mol. The van der Waals surface area contributed by atoms with Crippen molar-refractivity contribution in [2.75, 3.05) is 6.61 Å². The summed E-state index contributed by atoms with van der Waals surface area (Å²) in [5.74, 6) is 0.675. The molecule has 0 saturated carbocycles. The zero-order valence-electron chi connectivity index (χ0n) is 7.01. The van der Waals surface area contributed by atoms with Gasteiger partial charge in [-0.25, -0.2) is 0 Å². The van der Waals surface area contributed by atoms with Gasteiger partial charge >= 0.3 is 0 Å². The van der Waals surface area contributed by atoms with Crippen LogP contribution in [0.1, 0.15) is 6.92 Å². The summed E-state index contributed by atoms with van der Waals surface area (Å²) in [5, 5.41) is 0.691.